The number of fused-ring (bicyclic) bond motifs is 2. The molecule has 4 aromatic carbocycles. The zero-order valence-electron chi connectivity index (χ0n) is 33.7. The van der Waals surface area contributed by atoms with Crippen molar-refractivity contribution in [3.05, 3.63) is 164 Å². The second kappa shape index (κ2) is 19.0. The summed E-state index contributed by atoms with van der Waals surface area (Å²) >= 11 is 10.0. The molecule has 316 valence electrons. The number of hydrogen-bond acceptors (Lipinski definition) is 10. The van der Waals surface area contributed by atoms with Gasteiger partial charge >= 0.3 is 17.4 Å². The maximum Gasteiger partial charge on any atom is 0.332 e. The standard InChI is InChI=1S/C21H19BrN4O4.C15H15BrN4O3.C6H5BrO/c1-24-18-17(19(27)25(2)21(24)28)26(12-13-5-4-6-16(11-13)29-3)20(23-18)30-15-9-7-14(22)8-10-15;1-18-12-11(13(21)19(2)15(18)22)20(14(16)17-12)8-9-5-4-6-10(7-9)23-3;7-5-1-3-6(8)4-2-5/h4-11H,12H2,1-3H3;4-7H,8H2,1-3H3;1-4,8H. The van der Waals surface area contributed by atoms with Crippen LogP contribution in [0.15, 0.2) is 130 Å². The Bertz CT molecular complexity index is 3090. The highest BCUT2D eigenvalue weighted by Crippen LogP contribution is 2.27. The minimum absolute atomic E-state index is 0.216. The first-order valence-corrected chi connectivity index (χ1v) is 20.6. The van der Waals surface area contributed by atoms with E-state index >= 15 is 0 Å². The van der Waals surface area contributed by atoms with E-state index in [1.165, 1.54) is 23.2 Å². The number of phenolic OH excluding ortho intramolecular Hbond substituents is 1. The topological polar surface area (TPSA) is 172 Å². The summed E-state index contributed by atoms with van der Waals surface area (Å²) in [6, 6.07) is 29.4. The molecule has 0 saturated heterocycles. The molecule has 16 nitrogen and oxygen atoms in total. The summed E-state index contributed by atoms with van der Waals surface area (Å²) < 4.78 is 27.2. The van der Waals surface area contributed by atoms with Crippen LogP contribution in [-0.4, -0.2) is 56.7 Å². The highest BCUT2D eigenvalue weighted by molar-refractivity contribution is 9.11. The number of imidazole rings is 2. The largest absolute Gasteiger partial charge is 0.508 e. The summed E-state index contributed by atoms with van der Waals surface area (Å²) in [4.78, 5) is 58.6. The summed E-state index contributed by atoms with van der Waals surface area (Å²) in [7, 11) is 9.28. The molecule has 0 atom stereocenters. The Kier molecular flexibility index (Phi) is 13.8. The molecule has 0 saturated carbocycles. The van der Waals surface area contributed by atoms with Crippen LogP contribution in [0.5, 0.6) is 29.0 Å². The Morgan fingerprint density at radius 3 is 1.48 bits per heavy atom. The smallest absolute Gasteiger partial charge is 0.332 e. The van der Waals surface area contributed by atoms with Gasteiger partial charge in [-0.25, -0.2) is 14.6 Å². The van der Waals surface area contributed by atoms with Crippen LogP contribution in [-0.2, 0) is 41.3 Å². The number of ether oxygens (including phenoxy) is 3. The first kappa shape index (κ1) is 44.4. The SMILES string of the molecule is COc1cccc(Cn2c(Br)nc3c2c(=O)n(C)c(=O)n3C)c1.COc1cccc(Cn2c(Oc3ccc(Br)cc3)nc3c2c(=O)n(C)c(=O)n3C)c1.Oc1ccc(Br)cc1. The lowest BCUT2D eigenvalue weighted by atomic mass is 10.2. The lowest BCUT2D eigenvalue weighted by Gasteiger charge is -2.11. The molecule has 1 N–H and O–H groups in total. The van der Waals surface area contributed by atoms with E-state index in [9.17, 15) is 19.2 Å². The molecule has 0 unspecified atom stereocenters. The van der Waals surface area contributed by atoms with Crippen LogP contribution in [0.4, 0.5) is 0 Å². The molecular formula is C42H39Br3N8O8. The van der Waals surface area contributed by atoms with Crippen molar-refractivity contribution >= 4 is 70.1 Å². The van der Waals surface area contributed by atoms with Crippen LogP contribution in [0.25, 0.3) is 22.3 Å². The van der Waals surface area contributed by atoms with E-state index in [1.54, 1.807) is 73.8 Å². The summed E-state index contributed by atoms with van der Waals surface area (Å²) in [5.41, 5.74) is 1.48. The summed E-state index contributed by atoms with van der Waals surface area (Å²) in [6.45, 7) is 0.745. The van der Waals surface area contributed by atoms with Crippen LogP contribution in [0.1, 0.15) is 11.1 Å². The number of aryl methyl sites for hydroxylation is 2. The van der Waals surface area contributed by atoms with E-state index in [-0.39, 0.29) is 22.7 Å². The number of nitrogens with zero attached hydrogens (tertiary/aromatic N) is 8. The molecule has 61 heavy (non-hydrogen) atoms. The number of aromatic hydroxyl groups is 1. The van der Waals surface area contributed by atoms with Gasteiger partial charge in [-0.05, 0) is 99.9 Å². The third-order valence-electron chi connectivity index (χ3n) is 9.41. The third-order valence-corrected chi connectivity index (χ3v) is 11.1. The van der Waals surface area contributed by atoms with Gasteiger partial charge in [0.05, 0.1) is 27.3 Å². The molecule has 0 aliphatic carbocycles. The van der Waals surface area contributed by atoms with Crippen molar-refractivity contribution in [3.63, 3.8) is 0 Å². The van der Waals surface area contributed by atoms with Gasteiger partial charge in [0.25, 0.3) is 11.1 Å². The average Bonchev–Trinajstić information content (AvgIpc) is 3.79. The predicted molar refractivity (Wildman–Crippen MR) is 242 cm³/mol. The maximum atomic E-state index is 12.9. The molecule has 0 spiro atoms. The van der Waals surface area contributed by atoms with Crippen LogP contribution >= 0.6 is 47.8 Å². The van der Waals surface area contributed by atoms with Crippen molar-refractivity contribution in [3.8, 4) is 29.0 Å². The molecule has 0 radical (unpaired) electrons. The fourth-order valence-electron chi connectivity index (χ4n) is 6.17. The number of hydrogen-bond donors (Lipinski definition) is 1. The number of methoxy groups -OCH3 is 2. The second-order valence-electron chi connectivity index (χ2n) is 13.4. The van der Waals surface area contributed by atoms with Crippen molar-refractivity contribution in [2.24, 2.45) is 28.2 Å². The Hall–Kier alpha value is -6.18. The van der Waals surface area contributed by atoms with E-state index in [4.69, 9.17) is 19.3 Å². The lowest BCUT2D eigenvalue weighted by Crippen LogP contribution is -2.37. The fraction of sp³-hybridized carbons (Fsp3) is 0.190. The molecule has 19 heteroatoms. The number of benzene rings is 4. The summed E-state index contributed by atoms with van der Waals surface area (Å²) in [5, 5.41) is 8.74. The molecule has 8 aromatic rings. The van der Waals surface area contributed by atoms with Gasteiger partial charge in [-0.2, -0.15) is 4.98 Å². The van der Waals surface area contributed by atoms with E-state index in [1.807, 2.05) is 60.7 Å². The van der Waals surface area contributed by atoms with Gasteiger partial charge in [0.15, 0.2) is 27.1 Å². The van der Waals surface area contributed by atoms with Crippen molar-refractivity contribution in [1.29, 1.82) is 0 Å². The molecule has 8 rings (SSSR count). The highest BCUT2D eigenvalue weighted by atomic mass is 79.9. The molecule has 0 fully saturated rings. The molecule has 0 amide bonds. The van der Waals surface area contributed by atoms with Crippen molar-refractivity contribution in [1.82, 2.24) is 37.4 Å². The molecular weight excluding hydrogens is 984 g/mol. The predicted octanol–water partition coefficient (Wildman–Crippen LogP) is 6.45. The van der Waals surface area contributed by atoms with Gasteiger partial charge in [0, 0.05) is 37.1 Å². The van der Waals surface area contributed by atoms with Gasteiger partial charge in [-0.1, -0.05) is 56.1 Å². The van der Waals surface area contributed by atoms with Gasteiger partial charge in [-0.15, -0.1) is 0 Å². The van der Waals surface area contributed by atoms with Crippen molar-refractivity contribution in [2.75, 3.05) is 14.2 Å². The van der Waals surface area contributed by atoms with Gasteiger partial charge in [0.1, 0.15) is 23.0 Å². The number of aromatic nitrogens is 8. The summed E-state index contributed by atoms with van der Waals surface area (Å²) in [5.74, 6) is 2.30. The van der Waals surface area contributed by atoms with Crippen LogP contribution in [0.3, 0.4) is 0 Å². The number of halogens is 3. The van der Waals surface area contributed by atoms with Gasteiger partial charge in [0.2, 0.25) is 0 Å². The summed E-state index contributed by atoms with van der Waals surface area (Å²) in [6.07, 6.45) is 0. The van der Waals surface area contributed by atoms with Crippen LogP contribution in [0, 0.1) is 0 Å². The fourth-order valence-corrected chi connectivity index (χ4v) is 7.17. The highest BCUT2D eigenvalue weighted by Gasteiger charge is 2.22. The van der Waals surface area contributed by atoms with E-state index in [0.29, 0.717) is 46.2 Å². The number of phenols is 1. The van der Waals surface area contributed by atoms with Crippen LogP contribution < -0.4 is 36.7 Å². The van der Waals surface area contributed by atoms with Crippen molar-refractivity contribution < 1.29 is 19.3 Å². The first-order chi connectivity index (χ1) is 29.1. The number of rotatable bonds is 8. The van der Waals surface area contributed by atoms with E-state index < -0.39 is 16.9 Å². The normalized spacial score (nSPS) is 10.8. The Morgan fingerprint density at radius 1 is 0.557 bits per heavy atom. The van der Waals surface area contributed by atoms with Gasteiger partial charge in [-0.3, -0.25) is 32.4 Å². The minimum atomic E-state index is -0.450. The lowest BCUT2D eigenvalue weighted by molar-refractivity contribution is 0.412. The van der Waals surface area contributed by atoms with E-state index in [0.717, 1.165) is 35.0 Å². The average molecular weight is 1020 g/mol. The minimum Gasteiger partial charge on any atom is -0.508 e. The molecule has 0 aliphatic rings. The van der Waals surface area contributed by atoms with Crippen LogP contribution in [0.2, 0.25) is 0 Å². The molecule has 0 aliphatic heterocycles. The molecule has 4 aromatic heterocycles. The Morgan fingerprint density at radius 2 is 1.00 bits per heavy atom. The van der Waals surface area contributed by atoms with E-state index in [2.05, 4.69) is 57.8 Å². The van der Waals surface area contributed by atoms with Crippen molar-refractivity contribution in [2.45, 2.75) is 13.1 Å². The Balaban J connectivity index is 0.000000177. The monoisotopic (exact) mass is 1020 g/mol. The first-order valence-electron chi connectivity index (χ1n) is 18.2. The zero-order valence-corrected chi connectivity index (χ0v) is 38.4. The third kappa shape index (κ3) is 9.74. The molecule has 4 heterocycles. The Labute approximate surface area is 372 Å². The maximum absolute atomic E-state index is 12.9. The van der Waals surface area contributed by atoms with Gasteiger partial charge < -0.3 is 23.9 Å². The quantitative estimate of drug-likeness (QED) is 0.167. The second-order valence-corrected chi connectivity index (χ2v) is 16.0. The zero-order chi connectivity index (χ0) is 44.1. The molecule has 0 bridgehead atoms.